The Labute approximate surface area is 118 Å². The molecule has 6 heteroatoms. The van der Waals surface area contributed by atoms with E-state index in [0.29, 0.717) is 5.82 Å². The molecule has 1 aromatic carbocycles. The Hall–Kier alpha value is -1.43. The van der Waals surface area contributed by atoms with Crippen LogP contribution in [0.4, 0.5) is 14.5 Å². The normalized spacial score (nSPS) is 11.1. The Morgan fingerprint density at radius 1 is 1.32 bits per heavy atom. The first-order chi connectivity index (χ1) is 8.99. The molecule has 2 aromatic rings. The molecule has 0 aliphatic heterocycles. The Morgan fingerprint density at radius 3 is 2.53 bits per heavy atom. The second-order valence-corrected chi connectivity index (χ2v) is 5.10. The molecule has 3 nitrogen and oxygen atoms in total. The van der Waals surface area contributed by atoms with Gasteiger partial charge in [-0.25, -0.2) is 4.98 Å². The van der Waals surface area contributed by atoms with Crippen LogP contribution in [0.1, 0.15) is 23.5 Å². The number of imidazole rings is 1. The fourth-order valence-electron chi connectivity index (χ4n) is 1.89. The first-order valence-electron chi connectivity index (χ1n) is 5.79. The van der Waals surface area contributed by atoms with Gasteiger partial charge in [0.05, 0.1) is 6.54 Å². The summed E-state index contributed by atoms with van der Waals surface area (Å²) in [4.78, 5) is 3.93. The quantitative estimate of drug-likeness (QED) is 0.907. The van der Waals surface area contributed by atoms with Gasteiger partial charge in [0.15, 0.2) is 0 Å². The Morgan fingerprint density at radius 2 is 1.95 bits per heavy atom. The number of nitrogens with one attached hydrogen (secondary N) is 1. The molecule has 1 N–H and O–H groups in total. The highest BCUT2D eigenvalue weighted by atomic mass is 79.9. The highest BCUT2D eigenvalue weighted by Crippen LogP contribution is 2.25. The van der Waals surface area contributed by atoms with Crippen LogP contribution in [-0.2, 0) is 6.54 Å². The van der Waals surface area contributed by atoms with Crippen LogP contribution in [-0.4, -0.2) is 9.55 Å². The van der Waals surface area contributed by atoms with Gasteiger partial charge in [0, 0.05) is 22.6 Å². The fourth-order valence-corrected chi connectivity index (χ4v) is 2.12. The Bertz CT molecular complexity index is 558. The molecule has 0 aliphatic carbocycles. The van der Waals surface area contributed by atoms with Crippen LogP contribution in [0.5, 0.6) is 0 Å². The molecule has 1 aromatic heterocycles. The van der Waals surface area contributed by atoms with E-state index < -0.39 is 6.55 Å². The lowest BCUT2D eigenvalue weighted by Crippen LogP contribution is -2.09. The first-order valence-corrected chi connectivity index (χ1v) is 6.59. The molecule has 0 amide bonds. The largest absolute Gasteiger partial charge is 0.378 e. The minimum Gasteiger partial charge on any atom is -0.378 e. The van der Waals surface area contributed by atoms with Gasteiger partial charge in [-0.3, -0.25) is 4.57 Å². The van der Waals surface area contributed by atoms with Gasteiger partial charge >= 0.3 is 6.55 Å². The molecule has 0 spiro atoms. The SMILES string of the molecule is Cc1cc(NCc2nccn2C(F)F)cc(C)c1Br. The molecule has 0 saturated carbocycles. The number of anilines is 1. The number of halogens is 3. The van der Waals surface area contributed by atoms with Crippen molar-refractivity contribution in [2.45, 2.75) is 26.9 Å². The molecule has 102 valence electrons. The number of hydrogen-bond donors (Lipinski definition) is 1. The van der Waals surface area contributed by atoms with Crippen LogP contribution in [0.25, 0.3) is 0 Å². The third-order valence-electron chi connectivity index (χ3n) is 2.85. The summed E-state index contributed by atoms with van der Waals surface area (Å²) >= 11 is 3.49. The Kier molecular flexibility index (Phi) is 4.19. The lowest BCUT2D eigenvalue weighted by Gasteiger charge is -2.11. The molecule has 0 aliphatic rings. The van der Waals surface area contributed by atoms with Crippen LogP contribution in [0.2, 0.25) is 0 Å². The third-order valence-corrected chi connectivity index (χ3v) is 4.10. The van der Waals surface area contributed by atoms with Crippen molar-refractivity contribution < 1.29 is 8.78 Å². The highest BCUT2D eigenvalue weighted by Gasteiger charge is 2.11. The van der Waals surface area contributed by atoms with E-state index in [1.54, 1.807) is 0 Å². The molecule has 0 fully saturated rings. The molecule has 0 unspecified atom stereocenters. The zero-order valence-corrected chi connectivity index (χ0v) is 12.2. The monoisotopic (exact) mass is 329 g/mol. The standard InChI is InChI=1S/C13H14BrF2N3/c1-8-5-10(6-9(2)12(8)14)18-7-11-17-3-4-19(11)13(15)16/h3-6,13,18H,7H2,1-2H3. The number of alkyl halides is 2. The smallest absolute Gasteiger partial charge is 0.319 e. The van der Waals surface area contributed by atoms with Crippen LogP contribution < -0.4 is 5.32 Å². The van der Waals surface area contributed by atoms with Gasteiger partial charge in [-0.2, -0.15) is 8.78 Å². The van der Waals surface area contributed by atoms with Gasteiger partial charge in [-0.05, 0) is 37.1 Å². The maximum absolute atomic E-state index is 12.7. The average Bonchev–Trinajstić information content (AvgIpc) is 2.81. The molecule has 1 heterocycles. The van der Waals surface area contributed by atoms with E-state index in [4.69, 9.17) is 0 Å². The zero-order chi connectivity index (χ0) is 14.0. The molecule has 0 bridgehead atoms. The van der Waals surface area contributed by atoms with Crippen molar-refractivity contribution in [1.82, 2.24) is 9.55 Å². The lowest BCUT2D eigenvalue weighted by atomic mass is 10.1. The second-order valence-electron chi connectivity index (χ2n) is 4.31. The van der Waals surface area contributed by atoms with Crippen molar-refractivity contribution in [3.63, 3.8) is 0 Å². The summed E-state index contributed by atoms with van der Waals surface area (Å²) in [7, 11) is 0. The van der Waals surface area contributed by atoms with Gasteiger partial charge in [-0.15, -0.1) is 0 Å². The van der Waals surface area contributed by atoms with E-state index >= 15 is 0 Å². The number of rotatable bonds is 4. The van der Waals surface area contributed by atoms with Crippen molar-refractivity contribution in [2.75, 3.05) is 5.32 Å². The summed E-state index contributed by atoms with van der Waals surface area (Å²) in [6.45, 7) is 1.68. The molecular weight excluding hydrogens is 316 g/mol. The van der Waals surface area contributed by atoms with Gasteiger partial charge in [0.25, 0.3) is 0 Å². The van der Waals surface area contributed by atoms with Crippen LogP contribution in [0.3, 0.4) is 0 Å². The maximum atomic E-state index is 12.7. The van der Waals surface area contributed by atoms with E-state index in [9.17, 15) is 8.78 Å². The number of benzene rings is 1. The molecule has 2 rings (SSSR count). The van der Waals surface area contributed by atoms with Crippen LogP contribution in [0, 0.1) is 13.8 Å². The summed E-state index contributed by atoms with van der Waals surface area (Å²) < 4.78 is 27.2. The van der Waals surface area contributed by atoms with E-state index in [1.165, 1.54) is 12.4 Å². The summed E-state index contributed by atoms with van der Waals surface area (Å²) in [5.41, 5.74) is 3.08. The summed E-state index contributed by atoms with van der Waals surface area (Å²) in [5.74, 6) is 0.313. The second kappa shape index (κ2) is 5.69. The van der Waals surface area contributed by atoms with E-state index in [2.05, 4.69) is 26.2 Å². The zero-order valence-electron chi connectivity index (χ0n) is 10.6. The first kappa shape index (κ1) is 14.0. The highest BCUT2D eigenvalue weighted by molar-refractivity contribution is 9.10. The van der Waals surface area contributed by atoms with Gasteiger partial charge in [0.2, 0.25) is 0 Å². The summed E-state index contributed by atoms with van der Waals surface area (Å²) in [5, 5.41) is 3.11. The third kappa shape index (κ3) is 3.12. The average molecular weight is 330 g/mol. The number of aromatic nitrogens is 2. The molecule has 19 heavy (non-hydrogen) atoms. The molecule has 0 atom stereocenters. The predicted molar refractivity (Wildman–Crippen MR) is 74.4 cm³/mol. The van der Waals surface area contributed by atoms with Crippen LogP contribution >= 0.6 is 15.9 Å². The van der Waals surface area contributed by atoms with Crippen molar-refractivity contribution >= 4 is 21.6 Å². The van der Waals surface area contributed by atoms with E-state index in [1.807, 2.05) is 26.0 Å². The van der Waals surface area contributed by atoms with Gasteiger partial charge in [0.1, 0.15) is 5.82 Å². The Balaban J connectivity index is 2.13. The topological polar surface area (TPSA) is 29.9 Å². The minimum atomic E-state index is -2.56. The van der Waals surface area contributed by atoms with Crippen molar-refractivity contribution in [3.05, 3.63) is 46.0 Å². The molecule has 0 saturated heterocycles. The summed E-state index contributed by atoms with van der Waals surface area (Å²) in [6.07, 6.45) is 2.65. The van der Waals surface area contributed by atoms with Crippen molar-refractivity contribution in [1.29, 1.82) is 0 Å². The number of hydrogen-bond acceptors (Lipinski definition) is 2. The fraction of sp³-hybridized carbons (Fsp3) is 0.308. The number of aryl methyl sites for hydroxylation is 2. The minimum absolute atomic E-state index is 0.262. The van der Waals surface area contributed by atoms with E-state index in [0.717, 1.165) is 25.9 Å². The molecule has 0 radical (unpaired) electrons. The summed E-state index contributed by atoms with van der Waals surface area (Å²) in [6, 6.07) is 3.93. The van der Waals surface area contributed by atoms with Gasteiger partial charge in [-0.1, -0.05) is 15.9 Å². The predicted octanol–water partition coefficient (Wildman–Crippen LogP) is 4.27. The van der Waals surface area contributed by atoms with Gasteiger partial charge < -0.3 is 5.32 Å². The maximum Gasteiger partial charge on any atom is 0.319 e. The van der Waals surface area contributed by atoms with Crippen molar-refractivity contribution in [3.8, 4) is 0 Å². The number of nitrogens with zero attached hydrogens (tertiary/aromatic N) is 2. The lowest BCUT2D eigenvalue weighted by molar-refractivity contribution is 0.0673. The van der Waals surface area contributed by atoms with Crippen LogP contribution in [0.15, 0.2) is 29.0 Å². The van der Waals surface area contributed by atoms with Crippen molar-refractivity contribution in [2.24, 2.45) is 0 Å². The molecular formula is C13H14BrF2N3. The van der Waals surface area contributed by atoms with E-state index in [-0.39, 0.29) is 6.54 Å².